The third kappa shape index (κ3) is 5.35. The maximum atomic E-state index is 12.0. The van der Waals surface area contributed by atoms with Crippen molar-refractivity contribution in [1.29, 1.82) is 0 Å². The topological polar surface area (TPSA) is 32.3 Å². The molecule has 0 bridgehead atoms. The van der Waals surface area contributed by atoms with Gasteiger partial charge in [0.05, 0.1) is 0 Å². The van der Waals surface area contributed by atoms with E-state index in [0.29, 0.717) is 6.54 Å². The third-order valence-electron chi connectivity index (χ3n) is 2.56. The van der Waals surface area contributed by atoms with Crippen LogP contribution in [-0.2, 0) is 0 Å². The van der Waals surface area contributed by atoms with Gasteiger partial charge in [0.2, 0.25) is 0 Å². The van der Waals surface area contributed by atoms with Crippen LogP contribution in [0.15, 0.2) is 24.3 Å². The normalized spacial score (nSPS) is 11.7. The van der Waals surface area contributed by atoms with Gasteiger partial charge < -0.3 is 10.2 Å². The van der Waals surface area contributed by atoms with Crippen molar-refractivity contribution in [1.82, 2.24) is 10.2 Å². The summed E-state index contributed by atoms with van der Waals surface area (Å²) in [7, 11) is 4.09. The Hall–Kier alpha value is -0.620. The highest BCUT2D eigenvalue weighted by Gasteiger charge is 2.20. The number of amides is 1. The fraction of sp³-hybridized carbons (Fsp3) is 0.500. The van der Waals surface area contributed by atoms with Gasteiger partial charge in [-0.2, -0.15) is 0 Å². The minimum Gasteiger partial charge on any atom is -0.351 e. The van der Waals surface area contributed by atoms with Crippen LogP contribution in [0, 0.1) is 8.99 Å². The first-order valence-electron chi connectivity index (χ1n) is 5.99. The Bertz CT molecular complexity index is 416. The Labute approximate surface area is 123 Å². The van der Waals surface area contributed by atoms with Gasteiger partial charge in [-0.15, -0.1) is 0 Å². The van der Waals surface area contributed by atoms with Crippen LogP contribution in [0.2, 0.25) is 0 Å². The van der Waals surface area contributed by atoms with E-state index in [1.807, 2.05) is 38.4 Å². The summed E-state index contributed by atoms with van der Waals surface area (Å²) in [6.07, 6.45) is 0. The molecule has 0 saturated heterocycles. The van der Waals surface area contributed by atoms with Gasteiger partial charge in [-0.1, -0.05) is 19.9 Å². The number of nitrogens with zero attached hydrogens (tertiary/aromatic N) is 1. The predicted molar refractivity (Wildman–Crippen MR) is 83.8 cm³/mol. The number of hydrogen-bond acceptors (Lipinski definition) is 2. The van der Waals surface area contributed by atoms with Crippen molar-refractivity contribution >= 4 is 28.5 Å². The molecular formula is C14H21IN2O. The molecule has 0 aliphatic rings. The van der Waals surface area contributed by atoms with E-state index in [9.17, 15) is 4.79 Å². The van der Waals surface area contributed by atoms with E-state index in [1.54, 1.807) is 0 Å². The minimum absolute atomic E-state index is 0.000321. The lowest BCUT2D eigenvalue weighted by molar-refractivity contribution is 0.0929. The van der Waals surface area contributed by atoms with Crippen molar-refractivity contribution in [3.05, 3.63) is 33.4 Å². The van der Waals surface area contributed by atoms with Gasteiger partial charge in [0.25, 0.3) is 5.91 Å². The molecule has 4 heteroatoms. The lowest BCUT2D eigenvalue weighted by Crippen LogP contribution is -2.39. The van der Waals surface area contributed by atoms with Gasteiger partial charge in [-0.3, -0.25) is 4.79 Å². The maximum absolute atomic E-state index is 12.0. The first-order valence-corrected chi connectivity index (χ1v) is 7.06. The summed E-state index contributed by atoms with van der Waals surface area (Å²) in [6.45, 7) is 5.93. The van der Waals surface area contributed by atoms with E-state index in [1.165, 1.54) is 0 Å². The average Bonchev–Trinajstić information content (AvgIpc) is 2.24. The second kappa shape index (κ2) is 6.52. The SMILES string of the molecule is CN(C)CC(C)(C)CNC(=O)c1cccc(I)c1. The van der Waals surface area contributed by atoms with Crippen LogP contribution in [0.4, 0.5) is 0 Å². The molecule has 100 valence electrons. The largest absolute Gasteiger partial charge is 0.351 e. The summed E-state index contributed by atoms with van der Waals surface area (Å²) >= 11 is 2.21. The zero-order chi connectivity index (χ0) is 13.8. The molecule has 1 amide bonds. The summed E-state index contributed by atoms with van der Waals surface area (Å²) < 4.78 is 1.08. The molecular weight excluding hydrogens is 339 g/mol. The number of rotatable bonds is 5. The molecule has 0 spiro atoms. The number of carbonyl (C=O) groups is 1. The summed E-state index contributed by atoms with van der Waals surface area (Å²) in [5, 5.41) is 3.00. The monoisotopic (exact) mass is 360 g/mol. The summed E-state index contributed by atoms with van der Waals surface area (Å²) in [6, 6.07) is 7.63. The number of halogens is 1. The molecule has 0 aromatic heterocycles. The number of nitrogens with one attached hydrogen (secondary N) is 1. The van der Waals surface area contributed by atoms with Crippen molar-refractivity contribution < 1.29 is 4.79 Å². The van der Waals surface area contributed by atoms with Gasteiger partial charge in [-0.25, -0.2) is 0 Å². The van der Waals surface area contributed by atoms with Crippen LogP contribution in [-0.4, -0.2) is 38.0 Å². The zero-order valence-corrected chi connectivity index (χ0v) is 13.6. The van der Waals surface area contributed by atoms with Gasteiger partial charge in [0, 0.05) is 22.2 Å². The molecule has 0 atom stereocenters. The summed E-state index contributed by atoms with van der Waals surface area (Å²) in [5.74, 6) is 0.000321. The Morgan fingerprint density at radius 3 is 2.61 bits per heavy atom. The minimum atomic E-state index is 0.000321. The molecule has 0 heterocycles. The number of carbonyl (C=O) groups excluding carboxylic acids is 1. The molecule has 1 N–H and O–H groups in total. The van der Waals surface area contributed by atoms with Crippen LogP contribution in [0.5, 0.6) is 0 Å². The Balaban J connectivity index is 2.56. The molecule has 1 aromatic carbocycles. The summed E-state index contributed by atoms with van der Waals surface area (Å²) in [5.41, 5.74) is 0.795. The zero-order valence-electron chi connectivity index (χ0n) is 11.5. The fourth-order valence-electron chi connectivity index (χ4n) is 1.96. The van der Waals surface area contributed by atoms with Crippen molar-refractivity contribution in [3.8, 4) is 0 Å². The lowest BCUT2D eigenvalue weighted by atomic mass is 9.93. The first-order chi connectivity index (χ1) is 8.30. The smallest absolute Gasteiger partial charge is 0.251 e. The maximum Gasteiger partial charge on any atom is 0.251 e. The molecule has 18 heavy (non-hydrogen) atoms. The van der Waals surface area contributed by atoms with Crippen LogP contribution in [0.25, 0.3) is 0 Å². The van der Waals surface area contributed by atoms with E-state index >= 15 is 0 Å². The van der Waals surface area contributed by atoms with E-state index in [-0.39, 0.29) is 11.3 Å². The Kier molecular flexibility index (Phi) is 5.59. The van der Waals surface area contributed by atoms with Crippen LogP contribution < -0.4 is 5.32 Å². The standard InChI is InChI=1S/C14H21IN2O/c1-14(2,10-17(3)4)9-16-13(18)11-6-5-7-12(15)8-11/h5-8H,9-10H2,1-4H3,(H,16,18). The molecule has 0 fully saturated rings. The van der Waals surface area contributed by atoms with Gasteiger partial charge in [-0.05, 0) is 60.3 Å². The Morgan fingerprint density at radius 2 is 2.06 bits per heavy atom. The highest BCUT2D eigenvalue weighted by Crippen LogP contribution is 2.15. The van der Waals surface area contributed by atoms with Crippen LogP contribution >= 0.6 is 22.6 Å². The molecule has 1 rings (SSSR count). The second-order valence-electron chi connectivity index (χ2n) is 5.60. The fourth-order valence-corrected chi connectivity index (χ4v) is 2.51. The first kappa shape index (κ1) is 15.4. The van der Waals surface area contributed by atoms with E-state index in [2.05, 4.69) is 46.7 Å². The van der Waals surface area contributed by atoms with E-state index in [0.717, 1.165) is 15.7 Å². The number of benzene rings is 1. The third-order valence-corrected chi connectivity index (χ3v) is 3.23. The molecule has 3 nitrogen and oxygen atoms in total. The van der Waals surface area contributed by atoms with Crippen molar-refractivity contribution in [2.45, 2.75) is 13.8 Å². The molecule has 0 unspecified atom stereocenters. The van der Waals surface area contributed by atoms with Crippen molar-refractivity contribution in [3.63, 3.8) is 0 Å². The highest BCUT2D eigenvalue weighted by atomic mass is 127. The summed E-state index contributed by atoms with van der Waals surface area (Å²) in [4.78, 5) is 14.1. The quantitative estimate of drug-likeness (QED) is 0.819. The van der Waals surface area contributed by atoms with Gasteiger partial charge >= 0.3 is 0 Å². The molecule has 0 radical (unpaired) electrons. The molecule has 0 saturated carbocycles. The Morgan fingerprint density at radius 1 is 1.39 bits per heavy atom. The molecule has 1 aromatic rings. The molecule has 0 aliphatic heterocycles. The van der Waals surface area contributed by atoms with E-state index in [4.69, 9.17) is 0 Å². The predicted octanol–water partition coefficient (Wildman–Crippen LogP) is 2.61. The van der Waals surface area contributed by atoms with Crippen LogP contribution in [0.3, 0.4) is 0 Å². The number of hydrogen-bond donors (Lipinski definition) is 1. The van der Waals surface area contributed by atoms with Gasteiger partial charge in [0.1, 0.15) is 0 Å². The average molecular weight is 360 g/mol. The van der Waals surface area contributed by atoms with Gasteiger partial charge in [0.15, 0.2) is 0 Å². The van der Waals surface area contributed by atoms with E-state index < -0.39 is 0 Å². The van der Waals surface area contributed by atoms with Crippen LogP contribution in [0.1, 0.15) is 24.2 Å². The second-order valence-corrected chi connectivity index (χ2v) is 6.84. The van der Waals surface area contributed by atoms with Crippen molar-refractivity contribution in [2.75, 3.05) is 27.2 Å². The lowest BCUT2D eigenvalue weighted by Gasteiger charge is -2.28. The van der Waals surface area contributed by atoms with Crippen molar-refractivity contribution in [2.24, 2.45) is 5.41 Å². The molecule has 0 aliphatic carbocycles. The highest BCUT2D eigenvalue weighted by molar-refractivity contribution is 14.1.